The number of methoxy groups -OCH3 is 1. The van der Waals surface area contributed by atoms with Gasteiger partial charge in [-0.1, -0.05) is 19.1 Å². The van der Waals surface area contributed by atoms with Gasteiger partial charge in [-0.3, -0.25) is 14.7 Å². The monoisotopic (exact) mass is 368 g/mol. The minimum Gasteiger partial charge on any atom is -0.497 e. The van der Waals surface area contributed by atoms with E-state index in [1.54, 1.807) is 7.11 Å². The van der Waals surface area contributed by atoms with Crippen molar-refractivity contribution in [2.24, 2.45) is 5.92 Å². The molecule has 3 heterocycles. The van der Waals surface area contributed by atoms with Crippen LogP contribution in [0.5, 0.6) is 5.75 Å². The maximum atomic E-state index is 12.6. The largest absolute Gasteiger partial charge is 0.497 e. The van der Waals surface area contributed by atoms with Gasteiger partial charge in [-0.25, -0.2) is 4.98 Å². The summed E-state index contributed by atoms with van der Waals surface area (Å²) in [6, 6.07) is 8.16. The Kier molecular flexibility index (Phi) is 5.16. The van der Waals surface area contributed by atoms with Crippen molar-refractivity contribution in [1.82, 2.24) is 14.9 Å². The molecule has 1 aromatic heterocycles. The number of rotatable bonds is 4. The first-order valence-electron chi connectivity index (χ1n) is 9.84. The molecule has 0 amide bonds. The van der Waals surface area contributed by atoms with Gasteiger partial charge in [0.15, 0.2) is 0 Å². The molecule has 2 aliphatic heterocycles. The number of fused-ring (bicyclic) bond motifs is 1. The molecular weight excluding hydrogens is 340 g/mol. The summed E-state index contributed by atoms with van der Waals surface area (Å²) in [5.41, 5.74) is 3.04. The van der Waals surface area contributed by atoms with Gasteiger partial charge in [-0.05, 0) is 42.9 Å². The van der Waals surface area contributed by atoms with Crippen LogP contribution in [0.15, 0.2) is 29.1 Å². The van der Waals surface area contributed by atoms with Crippen LogP contribution in [0.2, 0.25) is 0 Å². The number of hydrogen-bond acceptors (Lipinski definition) is 5. The average Bonchev–Trinajstić information content (AvgIpc) is 2.68. The van der Waals surface area contributed by atoms with Gasteiger partial charge in [-0.15, -0.1) is 0 Å². The molecule has 0 spiro atoms. The highest BCUT2D eigenvalue weighted by atomic mass is 16.5. The number of H-pyrrole nitrogens is 1. The van der Waals surface area contributed by atoms with Crippen molar-refractivity contribution < 1.29 is 4.74 Å². The highest BCUT2D eigenvalue weighted by Gasteiger charge is 2.24. The molecular formula is C21H28N4O2. The molecule has 0 unspecified atom stereocenters. The van der Waals surface area contributed by atoms with Gasteiger partial charge in [0.1, 0.15) is 5.75 Å². The second kappa shape index (κ2) is 7.72. The van der Waals surface area contributed by atoms with E-state index in [0.717, 1.165) is 74.3 Å². The molecule has 0 bridgehead atoms. The predicted octanol–water partition coefficient (Wildman–Crippen LogP) is 2.57. The smallest absolute Gasteiger partial charge is 0.255 e. The molecule has 1 N–H and O–H groups in total. The molecule has 6 nitrogen and oxygen atoms in total. The first kappa shape index (κ1) is 18.0. The zero-order valence-corrected chi connectivity index (χ0v) is 16.2. The van der Waals surface area contributed by atoms with Gasteiger partial charge in [0.25, 0.3) is 5.56 Å². The Morgan fingerprint density at radius 1 is 1.26 bits per heavy atom. The number of ether oxygens (including phenoxy) is 1. The minimum atomic E-state index is 0.0367. The third kappa shape index (κ3) is 4.00. The molecule has 0 radical (unpaired) electrons. The molecule has 6 heteroatoms. The fourth-order valence-electron chi connectivity index (χ4n) is 4.01. The predicted molar refractivity (Wildman–Crippen MR) is 106 cm³/mol. The quantitative estimate of drug-likeness (QED) is 0.899. The van der Waals surface area contributed by atoms with Crippen LogP contribution in [-0.4, -0.2) is 41.6 Å². The van der Waals surface area contributed by atoms with E-state index in [9.17, 15) is 4.79 Å². The Labute approximate surface area is 160 Å². The second-order valence-corrected chi connectivity index (χ2v) is 7.80. The normalized spacial score (nSPS) is 18.4. The lowest BCUT2D eigenvalue weighted by molar-refractivity contribution is 0.240. The lowest BCUT2D eigenvalue weighted by Crippen LogP contribution is -2.39. The van der Waals surface area contributed by atoms with E-state index in [1.165, 1.54) is 5.56 Å². The van der Waals surface area contributed by atoms with Gasteiger partial charge < -0.3 is 9.64 Å². The summed E-state index contributed by atoms with van der Waals surface area (Å²) in [5, 5.41) is 0. The Hall–Kier alpha value is -2.34. The van der Waals surface area contributed by atoms with E-state index in [4.69, 9.17) is 9.72 Å². The Bertz CT molecular complexity index is 856. The van der Waals surface area contributed by atoms with E-state index < -0.39 is 0 Å². The fraction of sp³-hybridized carbons (Fsp3) is 0.524. The van der Waals surface area contributed by atoms with Crippen molar-refractivity contribution >= 4 is 5.95 Å². The summed E-state index contributed by atoms with van der Waals surface area (Å²) in [6.45, 7) is 6.65. The molecule has 0 saturated carbocycles. The zero-order chi connectivity index (χ0) is 18.8. The van der Waals surface area contributed by atoms with Crippen molar-refractivity contribution in [3.8, 4) is 5.75 Å². The van der Waals surface area contributed by atoms with E-state index in [0.29, 0.717) is 6.54 Å². The van der Waals surface area contributed by atoms with Crippen molar-refractivity contribution in [1.29, 1.82) is 0 Å². The number of hydrogen-bond donors (Lipinski definition) is 1. The molecule has 4 rings (SSSR count). The molecule has 1 aromatic carbocycles. The van der Waals surface area contributed by atoms with Crippen LogP contribution in [0, 0.1) is 5.92 Å². The number of nitrogens with one attached hydrogen (secondary N) is 1. The number of nitrogens with zero attached hydrogens (tertiary/aromatic N) is 3. The van der Waals surface area contributed by atoms with Crippen LogP contribution in [0.25, 0.3) is 0 Å². The van der Waals surface area contributed by atoms with Crippen LogP contribution in [0.4, 0.5) is 5.95 Å². The van der Waals surface area contributed by atoms with E-state index >= 15 is 0 Å². The van der Waals surface area contributed by atoms with Gasteiger partial charge in [-0.2, -0.15) is 0 Å². The highest BCUT2D eigenvalue weighted by molar-refractivity contribution is 5.35. The maximum absolute atomic E-state index is 12.6. The van der Waals surface area contributed by atoms with Gasteiger partial charge in [0, 0.05) is 38.3 Å². The molecule has 27 heavy (non-hydrogen) atoms. The SMILES string of the molecule is COc1cccc(CN2CCc3c(nc(N4CCC(C)CC4)[nH]c3=O)C2)c1. The van der Waals surface area contributed by atoms with Gasteiger partial charge in [0.05, 0.1) is 12.8 Å². The fourth-order valence-corrected chi connectivity index (χ4v) is 4.01. The number of aromatic nitrogens is 2. The van der Waals surface area contributed by atoms with Crippen LogP contribution in [0.1, 0.15) is 36.6 Å². The summed E-state index contributed by atoms with van der Waals surface area (Å²) in [4.78, 5) is 25.0. The average molecular weight is 368 g/mol. The second-order valence-electron chi connectivity index (χ2n) is 7.80. The van der Waals surface area contributed by atoms with Crippen molar-refractivity contribution in [3.63, 3.8) is 0 Å². The van der Waals surface area contributed by atoms with E-state index in [2.05, 4.69) is 33.8 Å². The minimum absolute atomic E-state index is 0.0367. The van der Waals surface area contributed by atoms with Gasteiger partial charge in [0.2, 0.25) is 5.95 Å². The molecule has 2 aliphatic rings. The van der Waals surface area contributed by atoms with E-state index in [1.807, 2.05) is 12.1 Å². The number of anilines is 1. The van der Waals surface area contributed by atoms with E-state index in [-0.39, 0.29) is 5.56 Å². The van der Waals surface area contributed by atoms with Crippen LogP contribution in [0.3, 0.4) is 0 Å². The number of piperidine rings is 1. The van der Waals surface area contributed by atoms with Crippen molar-refractivity contribution in [3.05, 3.63) is 51.4 Å². The topological polar surface area (TPSA) is 61.5 Å². The molecule has 1 saturated heterocycles. The molecule has 2 aromatic rings. The third-order valence-electron chi connectivity index (χ3n) is 5.76. The first-order valence-corrected chi connectivity index (χ1v) is 9.84. The van der Waals surface area contributed by atoms with Gasteiger partial charge >= 0.3 is 0 Å². The molecule has 0 atom stereocenters. The summed E-state index contributed by atoms with van der Waals surface area (Å²) < 4.78 is 5.32. The Balaban J connectivity index is 1.51. The lowest BCUT2D eigenvalue weighted by atomic mass is 9.99. The van der Waals surface area contributed by atoms with Crippen molar-refractivity contribution in [2.45, 2.75) is 39.3 Å². The summed E-state index contributed by atoms with van der Waals surface area (Å²) in [6.07, 6.45) is 3.06. The molecule has 144 valence electrons. The maximum Gasteiger partial charge on any atom is 0.255 e. The number of benzene rings is 1. The standard InChI is InChI=1S/C21H28N4O2/c1-15-6-10-25(11-7-15)21-22-19-14-24(9-8-18(19)20(26)23-21)13-16-4-3-5-17(12-16)27-2/h3-5,12,15H,6-11,13-14H2,1-2H3,(H,22,23,26). The molecule has 1 fully saturated rings. The Morgan fingerprint density at radius 3 is 2.85 bits per heavy atom. The highest BCUT2D eigenvalue weighted by Crippen LogP contribution is 2.23. The lowest BCUT2D eigenvalue weighted by Gasteiger charge is -2.32. The zero-order valence-electron chi connectivity index (χ0n) is 16.2. The van der Waals surface area contributed by atoms with Crippen LogP contribution >= 0.6 is 0 Å². The Morgan fingerprint density at radius 2 is 2.07 bits per heavy atom. The third-order valence-corrected chi connectivity index (χ3v) is 5.76. The van der Waals surface area contributed by atoms with Crippen LogP contribution in [-0.2, 0) is 19.5 Å². The number of aromatic amines is 1. The summed E-state index contributed by atoms with van der Waals surface area (Å²) in [5.74, 6) is 2.37. The molecule has 0 aliphatic carbocycles. The van der Waals surface area contributed by atoms with Crippen molar-refractivity contribution in [2.75, 3.05) is 31.6 Å². The first-order chi connectivity index (χ1) is 13.1. The summed E-state index contributed by atoms with van der Waals surface area (Å²) in [7, 11) is 1.69. The summed E-state index contributed by atoms with van der Waals surface area (Å²) >= 11 is 0. The van der Waals surface area contributed by atoms with Crippen LogP contribution < -0.4 is 15.2 Å².